The summed E-state index contributed by atoms with van der Waals surface area (Å²) in [7, 11) is 0. The molecular weight excluding hydrogens is 302 g/mol. The Hall–Kier alpha value is -2.84. The molecule has 3 rings (SSSR count). The predicted octanol–water partition coefficient (Wildman–Crippen LogP) is 3.44. The lowest BCUT2D eigenvalue weighted by molar-refractivity contribution is -0.137. The zero-order valence-corrected chi connectivity index (χ0v) is 10.9. The van der Waals surface area contributed by atoms with Crippen LogP contribution in [-0.2, 0) is 6.18 Å². The van der Waals surface area contributed by atoms with Gasteiger partial charge >= 0.3 is 6.18 Å². The molecule has 2 heterocycles. The molecule has 114 valence electrons. The molecule has 5 nitrogen and oxygen atoms in total. The standard InChI is InChI=1S/C13H9F4N5/c14-9-5-8-10(18)21-22-11(8)20-12(9)19-7-3-1-2-6(4-7)13(15,16)17/h1-5H,(H4,18,19,20,21,22). The first-order valence-corrected chi connectivity index (χ1v) is 6.09. The van der Waals surface area contributed by atoms with Gasteiger partial charge in [0, 0.05) is 5.69 Å². The molecule has 2 aromatic heterocycles. The van der Waals surface area contributed by atoms with Crippen LogP contribution in [0.2, 0.25) is 0 Å². The second-order valence-corrected chi connectivity index (χ2v) is 4.53. The van der Waals surface area contributed by atoms with Crippen LogP contribution in [0.4, 0.5) is 34.9 Å². The monoisotopic (exact) mass is 311 g/mol. The number of halogens is 4. The first-order chi connectivity index (χ1) is 10.3. The van der Waals surface area contributed by atoms with E-state index >= 15 is 0 Å². The van der Waals surface area contributed by atoms with Crippen LogP contribution in [0.15, 0.2) is 30.3 Å². The number of anilines is 3. The third kappa shape index (κ3) is 2.52. The van der Waals surface area contributed by atoms with Gasteiger partial charge in [-0.3, -0.25) is 5.10 Å². The molecule has 0 spiro atoms. The first-order valence-electron chi connectivity index (χ1n) is 6.09. The fraction of sp³-hybridized carbons (Fsp3) is 0.0769. The molecule has 1 aromatic carbocycles. The van der Waals surface area contributed by atoms with Crippen LogP contribution in [0.25, 0.3) is 11.0 Å². The van der Waals surface area contributed by atoms with E-state index in [1.54, 1.807) is 0 Å². The van der Waals surface area contributed by atoms with Crippen LogP contribution in [0, 0.1) is 5.82 Å². The lowest BCUT2D eigenvalue weighted by atomic mass is 10.2. The highest BCUT2D eigenvalue weighted by Crippen LogP contribution is 2.32. The van der Waals surface area contributed by atoms with E-state index in [1.165, 1.54) is 12.1 Å². The molecule has 0 aliphatic rings. The maximum absolute atomic E-state index is 14.0. The summed E-state index contributed by atoms with van der Waals surface area (Å²) in [6, 6.07) is 5.49. The molecule has 0 amide bonds. The van der Waals surface area contributed by atoms with Gasteiger partial charge in [-0.15, -0.1) is 0 Å². The Morgan fingerprint density at radius 2 is 1.95 bits per heavy atom. The van der Waals surface area contributed by atoms with Gasteiger partial charge in [-0.2, -0.15) is 18.3 Å². The van der Waals surface area contributed by atoms with Crippen LogP contribution >= 0.6 is 0 Å². The Balaban J connectivity index is 1.98. The molecule has 0 saturated heterocycles. The van der Waals surface area contributed by atoms with Crippen LogP contribution in [0.5, 0.6) is 0 Å². The molecule has 0 saturated carbocycles. The van der Waals surface area contributed by atoms with E-state index in [0.717, 1.165) is 18.2 Å². The molecule has 0 fully saturated rings. The number of aromatic nitrogens is 3. The first kappa shape index (κ1) is 14.1. The van der Waals surface area contributed by atoms with Crippen LogP contribution < -0.4 is 11.1 Å². The molecule has 9 heteroatoms. The van der Waals surface area contributed by atoms with Crippen LogP contribution in [0.1, 0.15) is 5.56 Å². The molecule has 0 radical (unpaired) electrons. The number of H-pyrrole nitrogens is 1. The lowest BCUT2D eigenvalue weighted by Gasteiger charge is -2.10. The number of nitrogens with two attached hydrogens (primary N) is 1. The van der Waals surface area contributed by atoms with Gasteiger partial charge in [0.2, 0.25) is 0 Å². The van der Waals surface area contributed by atoms with Gasteiger partial charge in [-0.25, -0.2) is 9.37 Å². The fourth-order valence-electron chi connectivity index (χ4n) is 1.93. The van der Waals surface area contributed by atoms with Gasteiger partial charge in [0.15, 0.2) is 17.3 Å². The normalized spacial score (nSPS) is 11.8. The molecular formula is C13H9F4N5. The van der Waals surface area contributed by atoms with Crippen molar-refractivity contribution in [3.05, 3.63) is 41.7 Å². The molecule has 3 aromatic rings. The highest BCUT2D eigenvalue weighted by molar-refractivity contribution is 5.87. The number of rotatable bonds is 2. The molecule has 0 aliphatic heterocycles. The van der Waals surface area contributed by atoms with Crippen molar-refractivity contribution in [3.63, 3.8) is 0 Å². The summed E-state index contributed by atoms with van der Waals surface area (Å²) in [4.78, 5) is 3.89. The van der Waals surface area contributed by atoms with Crippen molar-refractivity contribution < 1.29 is 17.6 Å². The number of fused-ring (bicyclic) bond motifs is 1. The van der Waals surface area contributed by atoms with Crippen molar-refractivity contribution in [2.75, 3.05) is 11.1 Å². The number of hydrogen-bond acceptors (Lipinski definition) is 4. The number of benzene rings is 1. The van der Waals surface area contributed by atoms with Crippen molar-refractivity contribution >= 4 is 28.4 Å². The lowest BCUT2D eigenvalue weighted by Crippen LogP contribution is -2.05. The third-order valence-corrected chi connectivity index (χ3v) is 2.98. The maximum Gasteiger partial charge on any atom is 0.416 e. The second kappa shape index (κ2) is 4.86. The molecule has 0 atom stereocenters. The van der Waals surface area contributed by atoms with E-state index in [0.29, 0.717) is 5.39 Å². The summed E-state index contributed by atoms with van der Waals surface area (Å²) < 4.78 is 51.9. The minimum atomic E-state index is -4.48. The van der Waals surface area contributed by atoms with Gasteiger partial charge in [0.25, 0.3) is 0 Å². The smallest absolute Gasteiger partial charge is 0.384 e. The number of nitrogen functional groups attached to an aromatic ring is 1. The number of nitrogens with one attached hydrogen (secondary N) is 2. The number of alkyl halides is 3. The molecule has 22 heavy (non-hydrogen) atoms. The molecule has 4 N–H and O–H groups in total. The predicted molar refractivity (Wildman–Crippen MR) is 73.0 cm³/mol. The summed E-state index contributed by atoms with van der Waals surface area (Å²) in [6.07, 6.45) is -4.48. The van der Waals surface area contributed by atoms with Gasteiger partial charge in [0.05, 0.1) is 10.9 Å². The Morgan fingerprint density at radius 1 is 1.18 bits per heavy atom. The minimum Gasteiger partial charge on any atom is -0.384 e. The molecule has 0 aliphatic carbocycles. The molecule has 0 bridgehead atoms. The van der Waals surface area contributed by atoms with Gasteiger partial charge in [0.1, 0.15) is 5.82 Å². The third-order valence-electron chi connectivity index (χ3n) is 2.98. The van der Waals surface area contributed by atoms with E-state index in [1.807, 2.05) is 0 Å². The Morgan fingerprint density at radius 3 is 2.68 bits per heavy atom. The summed E-state index contributed by atoms with van der Waals surface area (Å²) in [5.74, 6) is -0.830. The molecule has 0 unspecified atom stereocenters. The van der Waals surface area contributed by atoms with E-state index in [4.69, 9.17) is 5.73 Å². The average molecular weight is 311 g/mol. The summed E-state index contributed by atoms with van der Waals surface area (Å²) in [5.41, 5.74) is 4.92. The fourth-order valence-corrected chi connectivity index (χ4v) is 1.93. The minimum absolute atomic E-state index is 0.0593. The van der Waals surface area contributed by atoms with Crippen molar-refractivity contribution in [2.24, 2.45) is 0 Å². The van der Waals surface area contributed by atoms with Gasteiger partial charge in [-0.05, 0) is 24.3 Å². The van der Waals surface area contributed by atoms with Crippen LogP contribution in [-0.4, -0.2) is 15.2 Å². The Labute approximate surface area is 121 Å². The number of nitrogens with zero attached hydrogens (tertiary/aromatic N) is 2. The number of aromatic amines is 1. The Bertz CT molecular complexity index is 840. The van der Waals surface area contributed by atoms with E-state index in [-0.39, 0.29) is 23.0 Å². The quantitative estimate of drug-likeness (QED) is 0.633. The zero-order valence-electron chi connectivity index (χ0n) is 10.9. The Kier molecular flexibility index (Phi) is 3.12. The summed E-state index contributed by atoms with van der Waals surface area (Å²) in [6.45, 7) is 0. The van der Waals surface area contributed by atoms with Crippen molar-refractivity contribution in [1.82, 2.24) is 15.2 Å². The van der Waals surface area contributed by atoms with Crippen molar-refractivity contribution in [2.45, 2.75) is 6.18 Å². The van der Waals surface area contributed by atoms with Gasteiger partial charge in [-0.1, -0.05) is 6.07 Å². The van der Waals surface area contributed by atoms with Crippen molar-refractivity contribution in [3.8, 4) is 0 Å². The summed E-state index contributed by atoms with van der Waals surface area (Å²) >= 11 is 0. The van der Waals surface area contributed by atoms with Crippen molar-refractivity contribution in [1.29, 1.82) is 0 Å². The largest absolute Gasteiger partial charge is 0.416 e. The summed E-state index contributed by atoms with van der Waals surface area (Å²) in [5, 5.41) is 9.02. The van der Waals surface area contributed by atoms with E-state index in [9.17, 15) is 17.6 Å². The maximum atomic E-state index is 14.0. The van der Waals surface area contributed by atoms with Gasteiger partial charge < -0.3 is 11.1 Å². The number of hydrogen-bond donors (Lipinski definition) is 3. The topological polar surface area (TPSA) is 79.6 Å². The van der Waals surface area contributed by atoms with E-state index < -0.39 is 17.6 Å². The zero-order chi connectivity index (χ0) is 15.9. The highest BCUT2D eigenvalue weighted by atomic mass is 19.4. The van der Waals surface area contributed by atoms with E-state index in [2.05, 4.69) is 20.5 Å². The van der Waals surface area contributed by atoms with Crippen LogP contribution in [0.3, 0.4) is 0 Å². The second-order valence-electron chi connectivity index (χ2n) is 4.53. The SMILES string of the molecule is Nc1[nH]nc2nc(Nc3cccc(C(F)(F)F)c3)c(F)cc12. The average Bonchev–Trinajstić information content (AvgIpc) is 2.80. The number of pyridine rings is 1. The highest BCUT2D eigenvalue weighted by Gasteiger charge is 2.30.